The number of benzene rings is 1. The Kier molecular flexibility index (Phi) is 9.27. The van der Waals surface area contributed by atoms with E-state index in [4.69, 9.17) is 4.74 Å². The highest BCUT2D eigenvalue weighted by Gasteiger charge is 2.38. The van der Waals surface area contributed by atoms with Gasteiger partial charge in [0, 0.05) is 43.4 Å². The van der Waals surface area contributed by atoms with Gasteiger partial charge in [0.1, 0.15) is 16.7 Å². The summed E-state index contributed by atoms with van der Waals surface area (Å²) >= 11 is 0. The molecule has 3 atom stereocenters. The van der Waals surface area contributed by atoms with Crippen molar-refractivity contribution in [3.63, 3.8) is 0 Å². The molecule has 1 aromatic heterocycles. The fraction of sp³-hybridized carbons (Fsp3) is 0.500. The van der Waals surface area contributed by atoms with Crippen LogP contribution in [0.2, 0.25) is 0 Å². The molecule has 0 unspecified atom stereocenters. The van der Waals surface area contributed by atoms with Crippen molar-refractivity contribution in [2.45, 2.75) is 37.4 Å². The zero-order valence-corrected chi connectivity index (χ0v) is 22.0. The predicted molar refractivity (Wildman–Crippen MR) is 136 cm³/mol. The number of aromatic nitrogens is 1. The minimum atomic E-state index is -3.87. The number of aliphatic hydroxyl groups excluding tert-OH is 1. The minimum Gasteiger partial charge on any atom is -0.487 e. The molecule has 0 fully saturated rings. The number of aliphatic hydroxyl groups is 1. The molecule has 1 aliphatic heterocycles. The summed E-state index contributed by atoms with van der Waals surface area (Å²) in [5, 5.41) is 9.80. The molecule has 2 aromatic rings. The zero-order valence-electron chi connectivity index (χ0n) is 21.2. The average Bonchev–Trinajstić information content (AvgIpc) is 2.81. The van der Waals surface area contributed by atoms with Crippen LogP contribution in [0.15, 0.2) is 47.5 Å². The number of hydrogen-bond acceptors (Lipinski definition) is 7. The zero-order chi connectivity index (χ0) is 25.6. The lowest BCUT2D eigenvalue weighted by molar-refractivity contribution is 0.0730. The lowest BCUT2D eigenvalue weighted by Gasteiger charge is -2.37. The van der Waals surface area contributed by atoms with E-state index in [1.165, 1.54) is 4.31 Å². The fourth-order valence-corrected chi connectivity index (χ4v) is 5.79. The van der Waals surface area contributed by atoms with Crippen LogP contribution >= 0.6 is 0 Å². The maximum Gasteiger partial charge on any atom is 0.247 e. The Morgan fingerprint density at radius 3 is 2.69 bits per heavy atom. The van der Waals surface area contributed by atoms with E-state index in [-0.39, 0.29) is 30.1 Å². The first-order chi connectivity index (χ1) is 16.6. The number of ether oxygens (including phenoxy) is 1. The van der Waals surface area contributed by atoms with E-state index in [1.54, 1.807) is 31.3 Å². The van der Waals surface area contributed by atoms with Gasteiger partial charge < -0.3 is 9.84 Å². The van der Waals surface area contributed by atoms with Crippen LogP contribution in [0.25, 0.3) is 0 Å². The standard InChI is InChI=1S/C26H36N4O4S/c1-20-16-30(21(2)19-31)35(32,33)26-12-11-22(9-8-14-28(3)4)15-24(26)34-25(20)18-29(5)17-23-10-6-7-13-27-23/h6-7,10-13,15,20-21,25,31H,14,16-19H2,1-5H3/t20-,21+,25-/m0/s1. The maximum absolute atomic E-state index is 13.6. The van der Waals surface area contributed by atoms with E-state index < -0.39 is 16.1 Å². The summed E-state index contributed by atoms with van der Waals surface area (Å²) in [6.07, 6.45) is 1.49. The lowest BCUT2D eigenvalue weighted by atomic mass is 10.0. The Bertz CT molecular complexity index is 1140. The molecule has 0 radical (unpaired) electrons. The van der Waals surface area contributed by atoms with Crippen molar-refractivity contribution in [1.82, 2.24) is 19.1 Å². The van der Waals surface area contributed by atoms with Crippen LogP contribution in [-0.2, 0) is 16.6 Å². The van der Waals surface area contributed by atoms with Gasteiger partial charge in [-0.3, -0.25) is 14.8 Å². The molecule has 1 N–H and O–H groups in total. The molecule has 1 aromatic carbocycles. The van der Waals surface area contributed by atoms with Crippen molar-refractivity contribution in [3.8, 4) is 17.6 Å². The van der Waals surface area contributed by atoms with E-state index in [1.807, 2.05) is 51.2 Å². The molecule has 0 saturated carbocycles. The molecular weight excluding hydrogens is 464 g/mol. The van der Waals surface area contributed by atoms with Crippen molar-refractivity contribution in [2.24, 2.45) is 5.92 Å². The summed E-state index contributed by atoms with van der Waals surface area (Å²) in [4.78, 5) is 8.59. The topological polar surface area (TPSA) is 86.2 Å². The SMILES string of the molecule is C[C@H](CO)N1C[C@H](C)[C@H](CN(C)Cc2ccccn2)Oc2cc(C#CCN(C)C)ccc2S1(=O)=O. The Labute approximate surface area is 209 Å². The first-order valence-electron chi connectivity index (χ1n) is 11.8. The summed E-state index contributed by atoms with van der Waals surface area (Å²) in [5.41, 5.74) is 1.64. The highest BCUT2D eigenvalue weighted by molar-refractivity contribution is 7.89. The number of fused-ring (bicyclic) bond motifs is 1. The molecule has 0 bridgehead atoms. The lowest BCUT2D eigenvalue weighted by Crippen LogP contribution is -2.49. The Balaban J connectivity index is 1.97. The highest BCUT2D eigenvalue weighted by Crippen LogP contribution is 2.34. The first kappa shape index (κ1) is 27.1. The molecule has 0 aliphatic carbocycles. The molecular formula is C26H36N4O4S. The minimum absolute atomic E-state index is 0.0974. The van der Waals surface area contributed by atoms with Gasteiger partial charge in [-0.2, -0.15) is 4.31 Å². The van der Waals surface area contributed by atoms with E-state index in [9.17, 15) is 13.5 Å². The molecule has 2 heterocycles. The normalized spacial score (nSPS) is 20.8. The second kappa shape index (κ2) is 12.0. The second-order valence-corrected chi connectivity index (χ2v) is 11.3. The number of likely N-dealkylation sites (N-methyl/N-ethyl adjacent to an activating group) is 1. The third kappa shape index (κ3) is 7.03. The summed E-state index contributed by atoms with van der Waals surface area (Å²) in [6.45, 7) is 5.50. The van der Waals surface area contributed by atoms with Gasteiger partial charge in [0.2, 0.25) is 10.0 Å². The molecule has 0 spiro atoms. The summed E-state index contributed by atoms with van der Waals surface area (Å²) in [6, 6.07) is 10.2. The van der Waals surface area contributed by atoms with Gasteiger partial charge in [0.15, 0.2) is 0 Å². The van der Waals surface area contributed by atoms with Crippen LogP contribution in [0.4, 0.5) is 0 Å². The largest absolute Gasteiger partial charge is 0.487 e. The number of pyridine rings is 1. The van der Waals surface area contributed by atoms with Crippen LogP contribution in [0.3, 0.4) is 0 Å². The average molecular weight is 501 g/mol. The van der Waals surface area contributed by atoms with Gasteiger partial charge in [0.05, 0.1) is 18.8 Å². The maximum atomic E-state index is 13.6. The summed E-state index contributed by atoms with van der Waals surface area (Å²) < 4.78 is 35.0. The quantitative estimate of drug-likeness (QED) is 0.581. The third-order valence-corrected chi connectivity index (χ3v) is 7.96. The van der Waals surface area contributed by atoms with Crippen LogP contribution in [0.1, 0.15) is 25.1 Å². The molecule has 35 heavy (non-hydrogen) atoms. The van der Waals surface area contributed by atoms with Gasteiger partial charge in [0.25, 0.3) is 0 Å². The molecule has 3 rings (SSSR count). The second-order valence-electron chi connectivity index (χ2n) is 9.46. The number of nitrogens with zero attached hydrogens (tertiary/aromatic N) is 4. The Morgan fingerprint density at radius 1 is 1.26 bits per heavy atom. The van der Waals surface area contributed by atoms with E-state index in [0.717, 1.165) is 5.69 Å². The number of rotatable bonds is 7. The highest BCUT2D eigenvalue weighted by atomic mass is 32.2. The van der Waals surface area contributed by atoms with E-state index >= 15 is 0 Å². The van der Waals surface area contributed by atoms with Crippen molar-refractivity contribution in [2.75, 3.05) is 47.4 Å². The van der Waals surface area contributed by atoms with E-state index in [2.05, 4.69) is 21.7 Å². The van der Waals surface area contributed by atoms with Crippen molar-refractivity contribution >= 4 is 10.0 Å². The van der Waals surface area contributed by atoms with Crippen LogP contribution in [-0.4, -0.2) is 92.1 Å². The van der Waals surface area contributed by atoms with Gasteiger partial charge in [-0.1, -0.05) is 24.8 Å². The Morgan fingerprint density at radius 2 is 2.03 bits per heavy atom. The van der Waals surface area contributed by atoms with Gasteiger partial charge >= 0.3 is 0 Å². The molecule has 8 nitrogen and oxygen atoms in total. The first-order valence-corrected chi connectivity index (χ1v) is 13.2. The Hall–Kier alpha value is -2.48. The molecule has 0 amide bonds. The molecule has 1 aliphatic rings. The van der Waals surface area contributed by atoms with Gasteiger partial charge in [-0.05, 0) is 58.4 Å². The van der Waals surface area contributed by atoms with Crippen molar-refractivity contribution in [1.29, 1.82) is 0 Å². The third-order valence-electron chi connectivity index (χ3n) is 5.94. The van der Waals surface area contributed by atoms with E-state index in [0.29, 0.717) is 30.9 Å². The molecule has 190 valence electrons. The summed E-state index contributed by atoms with van der Waals surface area (Å²) in [5.74, 6) is 6.35. The van der Waals surface area contributed by atoms with Crippen LogP contribution in [0, 0.1) is 17.8 Å². The molecule has 0 saturated heterocycles. The monoisotopic (exact) mass is 500 g/mol. The smallest absolute Gasteiger partial charge is 0.247 e. The number of hydrogen-bond donors (Lipinski definition) is 1. The van der Waals surface area contributed by atoms with Crippen molar-refractivity contribution in [3.05, 3.63) is 53.9 Å². The van der Waals surface area contributed by atoms with Gasteiger partial charge in [-0.15, -0.1) is 0 Å². The van der Waals surface area contributed by atoms with Crippen molar-refractivity contribution < 1.29 is 18.3 Å². The van der Waals surface area contributed by atoms with Gasteiger partial charge in [-0.25, -0.2) is 8.42 Å². The van der Waals surface area contributed by atoms with Crippen LogP contribution < -0.4 is 4.74 Å². The number of sulfonamides is 1. The molecule has 9 heteroatoms. The predicted octanol–water partition coefficient (Wildman–Crippen LogP) is 1.90. The summed E-state index contributed by atoms with van der Waals surface area (Å²) in [7, 11) is 2.01. The van der Waals surface area contributed by atoms with Crippen LogP contribution in [0.5, 0.6) is 5.75 Å². The fourth-order valence-electron chi connectivity index (χ4n) is 3.96.